The molecule has 106 valence electrons. The van der Waals surface area contributed by atoms with Crippen LogP contribution >= 0.6 is 0 Å². The van der Waals surface area contributed by atoms with Crippen molar-refractivity contribution in [1.29, 1.82) is 0 Å². The predicted octanol–water partition coefficient (Wildman–Crippen LogP) is 4.20. The summed E-state index contributed by atoms with van der Waals surface area (Å²) >= 11 is 0. The first-order chi connectivity index (χ1) is 10.8. The zero-order valence-electron chi connectivity index (χ0n) is 12.0. The van der Waals surface area contributed by atoms with Gasteiger partial charge in [0.05, 0.1) is 34.3 Å². The van der Waals surface area contributed by atoms with Crippen LogP contribution in [-0.4, -0.2) is 23.5 Å². The van der Waals surface area contributed by atoms with E-state index < -0.39 is 0 Å². The standard InChI is InChI=1S/C18H14N4/c1-3-11-15(19-2)16-12(7-6-10-20-16)18-17(11)21-13-8-4-5-9-14(13)22-18/h3-10,13,21H,1-2H2. The summed E-state index contributed by atoms with van der Waals surface area (Å²) in [6.45, 7) is 7.62. The minimum absolute atomic E-state index is 0.0722. The Labute approximate surface area is 128 Å². The van der Waals surface area contributed by atoms with Gasteiger partial charge in [0, 0.05) is 17.1 Å². The van der Waals surface area contributed by atoms with Crippen LogP contribution < -0.4 is 5.32 Å². The van der Waals surface area contributed by atoms with Crippen molar-refractivity contribution in [1.82, 2.24) is 4.98 Å². The zero-order valence-corrected chi connectivity index (χ0v) is 12.0. The molecule has 1 aliphatic carbocycles. The SMILES string of the molecule is C=Cc1c2c(c3cccnc3c1N=C)N=C1C=CC=CC1N2. The third kappa shape index (κ3) is 1.67. The maximum atomic E-state index is 4.85. The Morgan fingerprint density at radius 1 is 1.32 bits per heavy atom. The number of hydrogen-bond donors (Lipinski definition) is 1. The van der Waals surface area contributed by atoms with Crippen LogP contribution in [0.4, 0.5) is 17.1 Å². The van der Waals surface area contributed by atoms with Crippen LogP contribution in [0.3, 0.4) is 0 Å². The van der Waals surface area contributed by atoms with Crippen LogP contribution in [0.2, 0.25) is 0 Å². The van der Waals surface area contributed by atoms with E-state index in [1.807, 2.05) is 30.4 Å². The molecule has 2 aromatic rings. The number of anilines is 1. The van der Waals surface area contributed by atoms with Crippen molar-refractivity contribution in [3.63, 3.8) is 0 Å². The Hall–Kier alpha value is -3.01. The minimum Gasteiger partial charge on any atom is -0.371 e. The molecule has 1 atom stereocenters. The fraction of sp³-hybridized carbons (Fsp3) is 0.0556. The summed E-state index contributed by atoms with van der Waals surface area (Å²) in [5, 5.41) is 4.49. The molecule has 0 radical (unpaired) electrons. The van der Waals surface area contributed by atoms with Gasteiger partial charge in [0.2, 0.25) is 0 Å². The van der Waals surface area contributed by atoms with Crippen LogP contribution in [-0.2, 0) is 0 Å². The summed E-state index contributed by atoms with van der Waals surface area (Å²) in [4.78, 5) is 13.5. The Balaban J connectivity index is 2.14. The van der Waals surface area contributed by atoms with E-state index in [-0.39, 0.29) is 6.04 Å². The number of rotatable bonds is 2. The normalized spacial score (nSPS) is 18.2. The van der Waals surface area contributed by atoms with E-state index in [2.05, 4.69) is 34.7 Å². The molecule has 0 bridgehead atoms. The molecule has 0 saturated heterocycles. The van der Waals surface area contributed by atoms with Gasteiger partial charge < -0.3 is 5.32 Å². The first-order valence-electron chi connectivity index (χ1n) is 7.07. The van der Waals surface area contributed by atoms with E-state index in [4.69, 9.17) is 4.99 Å². The summed E-state index contributed by atoms with van der Waals surface area (Å²) in [5.41, 5.74) is 5.25. The average molecular weight is 286 g/mol. The second-order valence-electron chi connectivity index (χ2n) is 5.15. The molecule has 0 amide bonds. The lowest BCUT2D eigenvalue weighted by Gasteiger charge is -2.27. The van der Waals surface area contributed by atoms with Crippen molar-refractivity contribution in [2.45, 2.75) is 6.04 Å². The molecule has 1 aromatic heterocycles. The summed E-state index contributed by atoms with van der Waals surface area (Å²) in [6, 6.07) is 3.99. The van der Waals surface area contributed by atoms with E-state index in [9.17, 15) is 0 Å². The number of nitrogens with zero attached hydrogens (tertiary/aromatic N) is 3. The van der Waals surface area contributed by atoms with Crippen molar-refractivity contribution in [2.24, 2.45) is 9.98 Å². The van der Waals surface area contributed by atoms with Crippen LogP contribution in [0.5, 0.6) is 0 Å². The van der Waals surface area contributed by atoms with Gasteiger partial charge in [0.25, 0.3) is 0 Å². The first kappa shape index (κ1) is 12.7. The van der Waals surface area contributed by atoms with Crippen LogP contribution in [0, 0.1) is 0 Å². The Morgan fingerprint density at radius 3 is 3.05 bits per heavy atom. The highest BCUT2D eigenvalue weighted by Crippen LogP contribution is 2.46. The van der Waals surface area contributed by atoms with Gasteiger partial charge in [-0.2, -0.15) is 0 Å². The lowest BCUT2D eigenvalue weighted by atomic mass is 9.97. The lowest BCUT2D eigenvalue weighted by molar-refractivity contribution is 1.13. The quantitative estimate of drug-likeness (QED) is 0.841. The minimum atomic E-state index is 0.0722. The van der Waals surface area contributed by atoms with Gasteiger partial charge in [-0.25, -0.2) is 4.99 Å². The molecule has 4 nitrogen and oxygen atoms in total. The molecule has 0 spiro atoms. The molecule has 0 fully saturated rings. The number of nitrogens with one attached hydrogen (secondary N) is 1. The van der Waals surface area contributed by atoms with Crippen molar-refractivity contribution in [2.75, 3.05) is 5.32 Å². The number of pyridine rings is 1. The van der Waals surface area contributed by atoms with Gasteiger partial charge in [0.1, 0.15) is 0 Å². The number of aromatic nitrogens is 1. The Morgan fingerprint density at radius 2 is 2.23 bits per heavy atom. The molecule has 2 heterocycles. The second-order valence-corrected chi connectivity index (χ2v) is 5.15. The molecule has 22 heavy (non-hydrogen) atoms. The third-order valence-electron chi connectivity index (χ3n) is 3.95. The van der Waals surface area contributed by atoms with Gasteiger partial charge in [-0.3, -0.25) is 9.98 Å². The second kappa shape index (κ2) is 4.77. The Kier molecular flexibility index (Phi) is 2.76. The lowest BCUT2D eigenvalue weighted by Crippen LogP contribution is -2.30. The van der Waals surface area contributed by atoms with Crippen molar-refractivity contribution >= 4 is 46.5 Å². The summed E-state index contributed by atoms with van der Waals surface area (Å²) in [6.07, 6.45) is 11.7. The molecule has 0 saturated carbocycles. The number of fused-ring (bicyclic) bond motifs is 4. The highest BCUT2D eigenvalue weighted by Gasteiger charge is 2.25. The van der Waals surface area contributed by atoms with Gasteiger partial charge in [-0.05, 0) is 24.9 Å². The summed E-state index contributed by atoms with van der Waals surface area (Å²) in [7, 11) is 0. The van der Waals surface area contributed by atoms with Gasteiger partial charge in [0.15, 0.2) is 0 Å². The zero-order chi connectivity index (χ0) is 15.1. The van der Waals surface area contributed by atoms with E-state index in [0.29, 0.717) is 0 Å². The number of aliphatic imine (C=N–C) groups is 2. The Bertz CT molecular complexity index is 903. The summed E-state index contributed by atoms with van der Waals surface area (Å²) < 4.78 is 0. The van der Waals surface area contributed by atoms with Crippen LogP contribution in [0.15, 0.2) is 59.2 Å². The summed E-state index contributed by atoms with van der Waals surface area (Å²) in [5.74, 6) is 0. The molecule has 1 N–H and O–H groups in total. The molecule has 1 aromatic carbocycles. The van der Waals surface area contributed by atoms with Crippen LogP contribution in [0.1, 0.15) is 5.56 Å². The van der Waals surface area contributed by atoms with Crippen molar-refractivity contribution < 1.29 is 0 Å². The highest BCUT2D eigenvalue weighted by atomic mass is 15.0. The number of allylic oxidation sites excluding steroid dienone is 2. The van der Waals surface area contributed by atoms with Gasteiger partial charge in [-0.1, -0.05) is 30.9 Å². The predicted molar refractivity (Wildman–Crippen MR) is 93.8 cm³/mol. The van der Waals surface area contributed by atoms with E-state index in [1.165, 1.54) is 0 Å². The molecular formula is C18H14N4. The molecule has 1 aliphatic heterocycles. The van der Waals surface area contributed by atoms with Crippen LogP contribution in [0.25, 0.3) is 17.0 Å². The van der Waals surface area contributed by atoms with E-state index in [1.54, 1.807) is 12.3 Å². The number of hydrogen-bond acceptors (Lipinski definition) is 4. The maximum absolute atomic E-state index is 4.85. The fourth-order valence-electron chi connectivity index (χ4n) is 2.96. The van der Waals surface area contributed by atoms with Gasteiger partial charge >= 0.3 is 0 Å². The maximum Gasteiger partial charge on any atom is 0.0987 e. The topological polar surface area (TPSA) is 49.6 Å². The molecule has 4 rings (SSSR count). The first-order valence-corrected chi connectivity index (χ1v) is 7.07. The average Bonchev–Trinajstić information content (AvgIpc) is 2.59. The van der Waals surface area contributed by atoms with Crippen molar-refractivity contribution in [3.05, 3.63) is 54.8 Å². The fourth-order valence-corrected chi connectivity index (χ4v) is 2.96. The van der Waals surface area contributed by atoms with E-state index in [0.717, 1.165) is 39.2 Å². The highest BCUT2D eigenvalue weighted by molar-refractivity contribution is 6.15. The molecule has 2 aliphatic rings. The molecule has 4 heteroatoms. The van der Waals surface area contributed by atoms with E-state index >= 15 is 0 Å². The largest absolute Gasteiger partial charge is 0.371 e. The monoisotopic (exact) mass is 286 g/mol. The molecule has 1 unspecified atom stereocenters. The van der Waals surface area contributed by atoms with Crippen molar-refractivity contribution in [3.8, 4) is 0 Å². The third-order valence-corrected chi connectivity index (χ3v) is 3.95. The van der Waals surface area contributed by atoms with Gasteiger partial charge in [-0.15, -0.1) is 0 Å². The number of benzene rings is 1. The molecular weight excluding hydrogens is 272 g/mol. The smallest absolute Gasteiger partial charge is 0.0987 e.